The Balaban J connectivity index is 1.28. The molecule has 3 aromatic heterocycles. The fourth-order valence-corrected chi connectivity index (χ4v) is 5.48. The predicted octanol–water partition coefficient (Wildman–Crippen LogP) is 6.98. The van der Waals surface area contributed by atoms with E-state index in [1.54, 1.807) is 18.5 Å². The van der Waals surface area contributed by atoms with Gasteiger partial charge in [-0.15, -0.1) is 0 Å². The molecule has 0 saturated carbocycles. The number of fused-ring (bicyclic) bond motifs is 1. The van der Waals surface area contributed by atoms with Gasteiger partial charge < -0.3 is 19.5 Å². The first kappa shape index (κ1) is 30.3. The molecule has 1 N–H and O–H groups in total. The summed E-state index contributed by atoms with van der Waals surface area (Å²) < 4.78 is 50.0. The molecule has 0 atom stereocenters. The molecule has 0 aliphatic carbocycles. The summed E-state index contributed by atoms with van der Waals surface area (Å²) >= 11 is 0. The van der Waals surface area contributed by atoms with E-state index in [2.05, 4.69) is 26.7 Å². The summed E-state index contributed by atoms with van der Waals surface area (Å²) in [4.78, 5) is 17.9. The average molecular weight is 614 g/mol. The van der Waals surface area contributed by atoms with Crippen LogP contribution in [0.5, 0.6) is 11.6 Å². The van der Waals surface area contributed by atoms with Crippen molar-refractivity contribution < 1.29 is 17.9 Å². The van der Waals surface area contributed by atoms with Crippen molar-refractivity contribution in [1.82, 2.24) is 29.3 Å². The van der Waals surface area contributed by atoms with Crippen LogP contribution in [0.4, 0.5) is 18.9 Å². The summed E-state index contributed by atoms with van der Waals surface area (Å²) in [6, 6.07) is 15.2. The number of aryl methyl sites for hydroxylation is 2. The van der Waals surface area contributed by atoms with Crippen LogP contribution in [0.1, 0.15) is 22.3 Å². The van der Waals surface area contributed by atoms with Gasteiger partial charge in [-0.3, -0.25) is 9.88 Å². The molecule has 232 valence electrons. The third kappa shape index (κ3) is 6.84. The zero-order chi connectivity index (χ0) is 31.7. The normalized spacial score (nSPS) is 14.5. The molecule has 0 radical (unpaired) electrons. The summed E-state index contributed by atoms with van der Waals surface area (Å²) in [5, 5.41) is 3.14. The maximum absolute atomic E-state index is 13.9. The number of ether oxygens (including phenoxy) is 1. The molecule has 0 amide bonds. The molecule has 11 heteroatoms. The highest BCUT2D eigenvalue weighted by molar-refractivity contribution is 5.83. The number of aromatic nitrogens is 4. The van der Waals surface area contributed by atoms with Crippen molar-refractivity contribution in [1.29, 1.82) is 0 Å². The van der Waals surface area contributed by atoms with Crippen molar-refractivity contribution in [2.24, 2.45) is 7.05 Å². The SMILES string of the molecule is C=C(Nc1cc(CN2CCN(C)CC2)cc(C(F)(F)F)c1)c1cc(Oc2nc(-c3ccncc3)nc3ccn(C)c23)ccc1C. The molecule has 1 aliphatic heterocycles. The molecule has 0 spiro atoms. The molecular weight excluding hydrogens is 579 g/mol. The minimum Gasteiger partial charge on any atom is -0.437 e. The van der Waals surface area contributed by atoms with Gasteiger partial charge in [0.2, 0.25) is 5.88 Å². The molecule has 0 bridgehead atoms. The van der Waals surface area contributed by atoms with E-state index in [0.29, 0.717) is 46.5 Å². The van der Waals surface area contributed by atoms with Gasteiger partial charge in [0.05, 0.1) is 11.1 Å². The lowest BCUT2D eigenvalue weighted by Gasteiger charge is -2.32. The summed E-state index contributed by atoms with van der Waals surface area (Å²) in [6.45, 7) is 9.92. The fourth-order valence-electron chi connectivity index (χ4n) is 5.48. The van der Waals surface area contributed by atoms with Gasteiger partial charge in [0.1, 0.15) is 11.3 Å². The maximum atomic E-state index is 13.9. The van der Waals surface area contributed by atoms with Crippen molar-refractivity contribution >= 4 is 22.4 Å². The number of anilines is 1. The first-order valence-electron chi connectivity index (χ1n) is 14.6. The molecule has 45 heavy (non-hydrogen) atoms. The molecule has 0 unspecified atom stereocenters. The Bertz CT molecular complexity index is 1840. The number of nitrogens with one attached hydrogen (secondary N) is 1. The van der Waals surface area contributed by atoms with Crippen molar-refractivity contribution in [3.8, 4) is 23.0 Å². The molecule has 2 aromatic carbocycles. The van der Waals surface area contributed by atoms with Crippen LogP contribution in [0.15, 0.2) is 79.8 Å². The van der Waals surface area contributed by atoms with Crippen LogP contribution in [0.2, 0.25) is 0 Å². The van der Waals surface area contributed by atoms with Gasteiger partial charge in [0, 0.05) is 80.9 Å². The van der Waals surface area contributed by atoms with Gasteiger partial charge in [-0.05, 0) is 73.6 Å². The highest BCUT2D eigenvalue weighted by Crippen LogP contribution is 2.35. The van der Waals surface area contributed by atoms with Gasteiger partial charge in [0.15, 0.2) is 5.82 Å². The number of nitrogens with zero attached hydrogens (tertiary/aromatic N) is 6. The van der Waals surface area contributed by atoms with Gasteiger partial charge in [-0.2, -0.15) is 18.2 Å². The number of rotatable bonds is 8. The van der Waals surface area contributed by atoms with Crippen molar-refractivity contribution in [3.63, 3.8) is 0 Å². The Hall–Kier alpha value is -4.74. The van der Waals surface area contributed by atoms with Crippen molar-refractivity contribution in [2.45, 2.75) is 19.6 Å². The van der Waals surface area contributed by atoms with Crippen LogP contribution in [0.25, 0.3) is 28.1 Å². The Morgan fingerprint density at radius 1 is 0.956 bits per heavy atom. The van der Waals surface area contributed by atoms with Crippen molar-refractivity contribution in [3.05, 3.63) is 102 Å². The average Bonchev–Trinajstić information content (AvgIpc) is 3.39. The Labute approximate surface area is 259 Å². The number of halogens is 3. The first-order valence-corrected chi connectivity index (χ1v) is 14.6. The lowest BCUT2D eigenvalue weighted by atomic mass is 10.0. The molecule has 6 rings (SSSR count). The molecule has 5 aromatic rings. The van der Waals surface area contributed by atoms with Crippen LogP contribution < -0.4 is 10.1 Å². The first-order chi connectivity index (χ1) is 21.5. The monoisotopic (exact) mass is 613 g/mol. The third-order valence-corrected chi connectivity index (χ3v) is 7.99. The van der Waals surface area contributed by atoms with Gasteiger partial charge >= 0.3 is 6.18 Å². The second-order valence-corrected chi connectivity index (χ2v) is 11.4. The molecule has 8 nitrogen and oxygen atoms in total. The smallest absolute Gasteiger partial charge is 0.416 e. The van der Waals surface area contributed by atoms with E-state index in [-0.39, 0.29) is 0 Å². The van der Waals surface area contributed by atoms with E-state index in [1.807, 2.05) is 68.2 Å². The summed E-state index contributed by atoms with van der Waals surface area (Å²) in [5.41, 5.74) is 4.52. The van der Waals surface area contributed by atoms with Crippen LogP contribution in [0, 0.1) is 6.92 Å². The number of hydrogen-bond acceptors (Lipinski definition) is 7. The molecule has 1 aliphatic rings. The number of pyridine rings is 1. The summed E-state index contributed by atoms with van der Waals surface area (Å²) in [6.07, 6.45) is 0.772. The minimum absolute atomic E-state index is 0.327. The molecule has 1 fully saturated rings. The number of benzene rings is 2. The van der Waals surface area contributed by atoms with Gasteiger partial charge in [0.25, 0.3) is 0 Å². The quantitative estimate of drug-likeness (QED) is 0.203. The molecule has 1 saturated heterocycles. The van der Waals surface area contributed by atoms with Crippen LogP contribution in [-0.4, -0.2) is 62.5 Å². The minimum atomic E-state index is -4.48. The second kappa shape index (κ2) is 12.3. The highest BCUT2D eigenvalue weighted by atomic mass is 19.4. The lowest BCUT2D eigenvalue weighted by molar-refractivity contribution is -0.137. The molecule has 4 heterocycles. The number of likely N-dealkylation sites (N-methyl/N-ethyl adjacent to an activating group) is 1. The number of hydrogen-bond donors (Lipinski definition) is 1. The standard InChI is InChI=1S/C34H34F3N7O/c1-22-5-6-28(45-33-31-30(9-12-43(31)4)40-32(41-33)25-7-10-38-11-8-25)20-29(22)23(2)39-27-18-24(17-26(19-27)34(35,36)37)21-44-15-13-42(3)14-16-44/h5-12,17-20,39H,2,13-16,21H2,1,3-4H3. The number of alkyl halides is 3. The highest BCUT2D eigenvalue weighted by Gasteiger charge is 2.31. The van der Waals surface area contributed by atoms with Crippen molar-refractivity contribution in [2.75, 3.05) is 38.5 Å². The van der Waals surface area contributed by atoms with E-state index >= 15 is 0 Å². The Morgan fingerprint density at radius 2 is 1.71 bits per heavy atom. The largest absolute Gasteiger partial charge is 0.437 e. The van der Waals surface area contributed by atoms with Crippen LogP contribution in [0.3, 0.4) is 0 Å². The predicted molar refractivity (Wildman–Crippen MR) is 170 cm³/mol. The van der Waals surface area contributed by atoms with Gasteiger partial charge in [-0.25, -0.2) is 4.98 Å². The van der Waals surface area contributed by atoms with Gasteiger partial charge in [-0.1, -0.05) is 12.6 Å². The number of piperazine rings is 1. The summed E-state index contributed by atoms with van der Waals surface area (Å²) in [7, 11) is 3.94. The maximum Gasteiger partial charge on any atom is 0.416 e. The lowest BCUT2D eigenvalue weighted by Crippen LogP contribution is -2.43. The van der Waals surface area contributed by atoms with E-state index in [4.69, 9.17) is 14.7 Å². The Kier molecular flexibility index (Phi) is 8.30. The second-order valence-electron chi connectivity index (χ2n) is 11.4. The Morgan fingerprint density at radius 3 is 2.44 bits per heavy atom. The van der Waals surface area contributed by atoms with E-state index in [9.17, 15) is 13.2 Å². The van der Waals surface area contributed by atoms with E-state index in [0.717, 1.165) is 54.4 Å². The van der Waals surface area contributed by atoms with E-state index < -0.39 is 11.7 Å². The van der Waals surface area contributed by atoms with Crippen LogP contribution in [-0.2, 0) is 19.8 Å². The topological polar surface area (TPSA) is 71.3 Å². The fraction of sp³-hybridized carbons (Fsp3) is 0.265. The van der Waals surface area contributed by atoms with Crippen LogP contribution >= 0.6 is 0 Å². The zero-order valence-corrected chi connectivity index (χ0v) is 25.4. The summed E-state index contributed by atoms with van der Waals surface area (Å²) in [5.74, 6) is 1.38. The third-order valence-electron chi connectivity index (χ3n) is 7.99. The zero-order valence-electron chi connectivity index (χ0n) is 25.4. The van der Waals surface area contributed by atoms with E-state index in [1.165, 1.54) is 6.07 Å². The molecular formula is C34H34F3N7O.